The Morgan fingerprint density at radius 3 is 2.20 bits per heavy atom. The molecule has 0 spiro atoms. The van der Waals surface area contributed by atoms with Gasteiger partial charge in [0.2, 0.25) is 10.0 Å². The van der Waals surface area contributed by atoms with E-state index in [1.807, 2.05) is 20.8 Å². The molecule has 1 aliphatic heterocycles. The number of sulfonamides is 1. The normalized spacial score (nSPS) is 17.9. The van der Waals surface area contributed by atoms with Crippen LogP contribution >= 0.6 is 24.0 Å². The predicted octanol–water partition coefficient (Wildman–Crippen LogP) is 1.52. The summed E-state index contributed by atoms with van der Waals surface area (Å²) < 4.78 is 25.4. The summed E-state index contributed by atoms with van der Waals surface area (Å²) in [5.41, 5.74) is -0.763. The van der Waals surface area contributed by atoms with Crippen LogP contribution in [-0.2, 0) is 10.0 Å². The Bertz CT molecular complexity index is 502. The van der Waals surface area contributed by atoms with E-state index in [0.29, 0.717) is 38.4 Å². The molecule has 0 aromatic rings. The number of aliphatic imine (C=N–C) groups is 1. The fraction of sp³-hybridized carbons (Fsp3) is 0.938. The molecule has 150 valence electrons. The third kappa shape index (κ3) is 7.96. The minimum atomic E-state index is -3.09. The number of guanidine groups is 1. The zero-order chi connectivity index (χ0) is 18.2. The molecule has 0 atom stereocenters. The van der Waals surface area contributed by atoms with Crippen molar-refractivity contribution in [2.45, 2.75) is 65.0 Å². The minimum Gasteiger partial charge on any atom is -0.388 e. The van der Waals surface area contributed by atoms with Gasteiger partial charge in [0.05, 0.1) is 17.9 Å². The lowest BCUT2D eigenvalue weighted by Crippen LogP contribution is -2.50. The molecule has 0 bridgehead atoms. The quantitative estimate of drug-likeness (QED) is 0.273. The van der Waals surface area contributed by atoms with Crippen LogP contribution in [0.2, 0.25) is 0 Å². The first-order chi connectivity index (χ1) is 11.3. The van der Waals surface area contributed by atoms with Gasteiger partial charge in [-0.15, -0.1) is 24.0 Å². The van der Waals surface area contributed by atoms with Crippen LogP contribution in [0.4, 0.5) is 0 Å². The molecule has 0 saturated carbocycles. The molecule has 3 N–H and O–H groups in total. The molecule has 0 aromatic heterocycles. The van der Waals surface area contributed by atoms with Gasteiger partial charge in [-0.2, -0.15) is 0 Å². The maximum absolute atomic E-state index is 11.9. The Kier molecular flexibility index (Phi) is 11.5. The predicted molar refractivity (Wildman–Crippen MR) is 114 cm³/mol. The molecule has 0 amide bonds. The van der Waals surface area contributed by atoms with E-state index in [1.54, 1.807) is 11.2 Å². The Hall–Kier alpha value is -0.130. The van der Waals surface area contributed by atoms with Crippen LogP contribution < -0.4 is 10.6 Å². The molecular formula is C16H35IN4O3S. The van der Waals surface area contributed by atoms with Gasteiger partial charge in [0, 0.05) is 25.7 Å². The van der Waals surface area contributed by atoms with Crippen LogP contribution in [0.5, 0.6) is 0 Å². The van der Waals surface area contributed by atoms with Crippen LogP contribution in [0.15, 0.2) is 4.99 Å². The lowest BCUT2D eigenvalue weighted by atomic mass is 9.98. The third-order valence-corrected chi connectivity index (χ3v) is 6.63. The summed E-state index contributed by atoms with van der Waals surface area (Å²) in [5.74, 6) is 0.844. The van der Waals surface area contributed by atoms with E-state index in [-0.39, 0.29) is 35.8 Å². The van der Waals surface area contributed by atoms with Crippen molar-refractivity contribution in [2.24, 2.45) is 4.99 Å². The summed E-state index contributed by atoms with van der Waals surface area (Å²) in [5, 5.41) is 16.9. The summed E-state index contributed by atoms with van der Waals surface area (Å²) in [6, 6.07) is 0.197. The monoisotopic (exact) mass is 490 g/mol. The SMILES string of the molecule is CCNC(=NCC(O)(CC)CC)NC1CCN(S(=O)(=O)CC)CC1.I. The van der Waals surface area contributed by atoms with E-state index in [4.69, 9.17) is 0 Å². The van der Waals surface area contributed by atoms with Crippen LogP contribution in [0.25, 0.3) is 0 Å². The molecule has 1 fully saturated rings. The highest BCUT2D eigenvalue weighted by molar-refractivity contribution is 14.0. The number of halogens is 1. The Labute approximate surface area is 170 Å². The second kappa shape index (κ2) is 11.6. The molecule has 1 saturated heterocycles. The molecule has 7 nitrogen and oxygen atoms in total. The zero-order valence-corrected chi connectivity index (χ0v) is 19.1. The zero-order valence-electron chi connectivity index (χ0n) is 15.9. The average Bonchev–Trinajstić information content (AvgIpc) is 2.60. The molecule has 1 heterocycles. The van der Waals surface area contributed by atoms with Crippen LogP contribution in [0.1, 0.15) is 53.4 Å². The van der Waals surface area contributed by atoms with Gasteiger partial charge in [-0.3, -0.25) is 4.99 Å². The van der Waals surface area contributed by atoms with Crippen molar-refractivity contribution in [3.8, 4) is 0 Å². The average molecular weight is 490 g/mol. The lowest BCUT2D eigenvalue weighted by molar-refractivity contribution is 0.0417. The highest BCUT2D eigenvalue weighted by Crippen LogP contribution is 2.16. The molecular weight excluding hydrogens is 455 g/mol. The van der Waals surface area contributed by atoms with Gasteiger partial charge in [0.1, 0.15) is 0 Å². The summed E-state index contributed by atoms with van der Waals surface area (Å²) in [4.78, 5) is 4.52. The topological polar surface area (TPSA) is 94.0 Å². The maximum atomic E-state index is 11.9. The van der Waals surface area contributed by atoms with Gasteiger partial charge in [-0.1, -0.05) is 13.8 Å². The largest absolute Gasteiger partial charge is 0.388 e. The number of aliphatic hydroxyl groups is 1. The summed E-state index contributed by atoms with van der Waals surface area (Å²) in [6.07, 6.45) is 2.85. The van der Waals surface area contributed by atoms with Crippen molar-refractivity contribution in [1.29, 1.82) is 0 Å². The molecule has 0 radical (unpaired) electrons. The van der Waals surface area contributed by atoms with Gasteiger partial charge < -0.3 is 15.7 Å². The first kappa shape index (κ1) is 24.9. The number of nitrogens with zero attached hydrogens (tertiary/aromatic N) is 2. The van der Waals surface area contributed by atoms with Crippen molar-refractivity contribution < 1.29 is 13.5 Å². The number of rotatable bonds is 8. The molecule has 9 heteroatoms. The van der Waals surface area contributed by atoms with E-state index in [1.165, 1.54) is 0 Å². The van der Waals surface area contributed by atoms with Crippen molar-refractivity contribution in [2.75, 3.05) is 31.9 Å². The first-order valence-electron chi connectivity index (χ1n) is 9.05. The number of hydrogen-bond acceptors (Lipinski definition) is 4. The van der Waals surface area contributed by atoms with Crippen molar-refractivity contribution in [3.63, 3.8) is 0 Å². The summed E-state index contributed by atoms with van der Waals surface area (Å²) in [6.45, 7) is 9.79. The van der Waals surface area contributed by atoms with E-state index >= 15 is 0 Å². The van der Waals surface area contributed by atoms with Crippen molar-refractivity contribution in [3.05, 3.63) is 0 Å². The molecule has 0 aliphatic carbocycles. The third-order valence-electron chi connectivity index (χ3n) is 4.74. The summed E-state index contributed by atoms with van der Waals surface area (Å²) in [7, 11) is -3.09. The van der Waals surface area contributed by atoms with Gasteiger partial charge in [-0.05, 0) is 39.5 Å². The van der Waals surface area contributed by atoms with E-state index in [0.717, 1.165) is 19.4 Å². The Morgan fingerprint density at radius 2 is 1.76 bits per heavy atom. The van der Waals surface area contributed by atoms with Gasteiger partial charge in [0.15, 0.2) is 5.96 Å². The van der Waals surface area contributed by atoms with E-state index < -0.39 is 15.6 Å². The van der Waals surface area contributed by atoms with Crippen molar-refractivity contribution >= 4 is 40.0 Å². The molecule has 1 rings (SSSR count). The molecule has 1 aliphatic rings. The lowest BCUT2D eigenvalue weighted by Gasteiger charge is -2.32. The number of piperidine rings is 1. The first-order valence-corrected chi connectivity index (χ1v) is 10.7. The molecule has 0 unspecified atom stereocenters. The van der Waals surface area contributed by atoms with Gasteiger partial charge in [0.25, 0.3) is 0 Å². The second-order valence-corrected chi connectivity index (χ2v) is 8.60. The molecule has 25 heavy (non-hydrogen) atoms. The van der Waals surface area contributed by atoms with Gasteiger partial charge in [-0.25, -0.2) is 12.7 Å². The minimum absolute atomic E-state index is 0. The summed E-state index contributed by atoms with van der Waals surface area (Å²) >= 11 is 0. The van der Waals surface area contributed by atoms with E-state index in [9.17, 15) is 13.5 Å². The Morgan fingerprint density at radius 1 is 1.20 bits per heavy atom. The fourth-order valence-electron chi connectivity index (χ4n) is 2.67. The Balaban J connectivity index is 0.00000576. The van der Waals surface area contributed by atoms with Crippen LogP contribution in [-0.4, -0.2) is 67.4 Å². The second-order valence-electron chi connectivity index (χ2n) is 6.34. The fourth-order valence-corrected chi connectivity index (χ4v) is 3.81. The molecule has 0 aromatic carbocycles. The van der Waals surface area contributed by atoms with E-state index in [2.05, 4.69) is 15.6 Å². The van der Waals surface area contributed by atoms with Crippen LogP contribution in [0, 0.1) is 0 Å². The van der Waals surface area contributed by atoms with Crippen LogP contribution in [0.3, 0.4) is 0 Å². The highest BCUT2D eigenvalue weighted by atomic mass is 127. The maximum Gasteiger partial charge on any atom is 0.213 e. The number of nitrogens with one attached hydrogen (secondary N) is 2. The standard InChI is InChI=1S/C16H34N4O3S.HI/c1-5-16(21,6-2)13-18-15(17-7-3)19-14-9-11-20(12-10-14)24(22,23)8-4;/h14,21H,5-13H2,1-4H3,(H2,17,18,19);1H. The smallest absolute Gasteiger partial charge is 0.213 e. The highest BCUT2D eigenvalue weighted by Gasteiger charge is 2.27. The number of hydrogen-bond donors (Lipinski definition) is 3. The van der Waals surface area contributed by atoms with Gasteiger partial charge >= 0.3 is 0 Å². The van der Waals surface area contributed by atoms with Crippen molar-refractivity contribution in [1.82, 2.24) is 14.9 Å².